The second-order valence-electron chi connectivity index (χ2n) is 13.7. The number of aliphatic imine (C=N–C) groups is 1. The number of aryl methyl sites for hydroxylation is 1. The number of amidine groups is 1. The van der Waals surface area contributed by atoms with E-state index in [0.29, 0.717) is 18.9 Å². The lowest BCUT2D eigenvalue weighted by Gasteiger charge is -2.12. The minimum atomic E-state index is 0.513. The standard InChI is InChI=1S/C37H29NO.C14H14N2/c38-24-31-12-7-13-35-36(31)34-23-32(29-16-14-27(15-17-29)25-8-3-1-4-9-25)22-33(37(34)39-35)30-20-18-28(19-21-30)26-10-5-2-6-11-26;15-14(13-9-5-2-6-10-13)16-11-12-7-3-1-4-8-12/h1-6,8-12,14-23H,7,13,24,38H2;1-10H,11H2,(H2,15,16). The first kappa shape index (κ1) is 35.3. The molecule has 0 atom stereocenters. The van der Waals surface area contributed by atoms with Gasteiger partial charge in [0.05, 0.1) is 6.54 Å². The van der Waals surface area contributed by atoms with Crippen molar-refractivity contribution in [3.05, 3.63) is 211 Å². The molecule has 1 aliphatic carbocycles. The van der Waals surface area contributed by atoms with Gasteiger partial charge < -0.3 is 15.9 Å². The molecule has 0 unspecified atom stereocenters. The molecule has 4 heteroatoms. The predicted molar refractivity (Wildman–Crippen MR) is 231 cm³/mol. The smallest absolute Gasteiger partial charge is 0.142 e. The molecule has 1 aromatic heterocycles. The SMILES string of the molecule is NC(=NCc1ccccc1)c1ccccc1.NCC1=CCCc2oc3c(-c4ccc(-c5ccccc5)cc4)cc(-c4ccc(-c5ccccc5)cc4)cc3c21. The van der Waals surface area contributed by atoms with E-state index in [1.165, 1.54) is 50.1 Å². The van der Waals surface area contributed by atoms with Crippen molar-refractivity contribution in [2.24, 2.45) is 16.5 Å². The molecule has 1 heterocycles. The van der Waals surface area contributed by atoms with E-state index in [0.717, 1.165) is 46.3 Å². The molecule has 9 rings (SSSR count). The van der Waals surface area contributed by atoms with Gasteiger partial charge >= 0.3 is 0 Å². The van der Waals surface area contributed by atoms with Gasteiger partial charge in [0, 0.05) is 35.0 Å². The quantitative estimate of drug-likeness (QED) is 0.122. The summed E-state index contributed by atoms with van der Waals surface area (Å²) in [6.07, 6.45) is 4.14. The van der Waals surface area contributed by atoms with Gasteiger partial charge in [0.15, 0.2) is 0 Å². The van der Waals surface area contributed by atoms with Gasteiger partial charge in [0.1, 0.15) is 17.2 Å². The highest BCUT2D eigenvalue weighted by molar-refractivity contribution is 6.04. The summed E-state index contributed by atoms with van der Waals surface area (Å²) in [5.74, 6) is 1.64. The largest absolute Gasteiger partial charge is 0.460 e. The molecular weight excluding hydrogens is 671 g/mol. The Balaban J connectivity index is 0.000000224. The van der Waals surface area contributed by atoms with Crippen molar-refractivity contribution in [3.8, 4) is 44.5 Å². The van der Waals surface area contributed by atoms with Gasteiger partial charge in [-0.3, -0.25) is 4.99 Å². The van der Waals surface area contributed by atoms with Crippen molar-refractivity contribution in [2.45, 2.75) is 19.4 Å². The number of nitrogens with zero attached hydrogens (tertiary/aromatic N) is 1. The van der Waals surface area contributed by atoms with Crippen LogP contribution in [0.2, 0.25) is 0 Å². The van der Waals surface area contributed by atoms with Crippen LogP contribution in [0.25, 0.3) is 61.0 Å². The maximum Gasteiger partial charge on any atom is 0.142 e. The lowest BCUT2D eigenvalue weighted by molar-refractivity contribution is 0.546. The summed E-state index contributed by atoms with van der Waals surface area (Å²) in [7, 11) is 0. The molecule has 0 amide bonds. The van der Waals surface area contributed by atoms with Crippen molar-refractivity contribution in [2.75, 3.05) is 6.54 Å². The van der Waals surface area contributed by atoms with Crippen LogP contribution in [-0.2, 0) is 13.0 Å². The van der Waals surface area contributed by atoms with Gasteiger partial charge in [-0.1, -0.05) is 176 Å². The van der Waals surface area contributed by atoms with Crippen molar-refractivity contribution >= 4 is 22.4 Å². The molecule has 0 aliphatic heterocycles. The Labute approximate surface area is 323 Å². The van der Waals surface area contributed by atoms with Gasteiger partial charge in [-0.25, -0.2) is 0 Å². The van der Waals surface area contributed by atoms with E-state index in [4.69, 9.17) is 15.9 Å². The number of hydrogen-bond donors (Lipinski definition) is 2. The first-order valence-electron chi connectivity index (χ1n) is 18.8. The van der Waals surface area contributed by atoms with Gasteiger partial charge in [-0.2, -0.15) is 0 Å². The van der Waals surface area contributed by atoms with Gasteiger partial charge in [0.2, 0.25) is 0 Å². The fraction of sp³-hybridized carbons (Fsp3) is 0.0784. The third-order valence-electron chi connectivity index (χ3n) is 10.1. The van der Waals surface area contributed by atoms with Crippen LogP contribution in [0.3, 0.4) is 0 Å². The minimum absolute atomic E-state index is 0.513. The molecule has 0 bridgehead atoms. The van der Waals surface area contributed by atoms with Gasteiger partial charge in [-0.15, -0.1) is 0 Å². The van der Waals surface area contributed by atoms with E-state index in [1.807, 2.05) is 60.7 Å². The number of fused-ring (bicyclic) bond motifs is 3. The summed E-state index contributed by atoms with van der Waals surface area (Å²) < 4.78 is 6.59. The van der Waals surface area contributed by atoms with E-state index >= 15 is 0 Å². The predicted octanol–water partition coefficient (Wildman–Crippen LogP) is 12.0. The molecule has 55 heavy (non-hydrogen) atoms. The van der Waals surface area contributed by atoms with Crippen LogP contribution in [0.4, 0.5) is 0 Å². The van der Waals surface area contributed by atoms with Crippen molar-refractivity contribution in [1.29, 1.82) is 0 Å². The van der Waals surface area contributed by atoms with E-state index < -0.39 is 0 Å². The molecule has 0 spiro atoms. The molecule has 0 saturated carbocycles. The normalized spacial score (nSPS) is 12.4. The zero-order chi connectivity index (χ0) is 37.4. The fourth-order valence-corrected chi connectivity index (χ4v) is 7.24. The number of allylic oxidation sites excluding steroid dienone is 1. The summed E-state index contributed by atoms with van der Waals surface area (Å²) in [6, 6.07) is 63.1. The van der Waals surface area contributed by atoms with Crippen LogP contribution in [0, 0.1) is 0 Å². The molecule has 0 saturated heterocycles. The lowest BCUT2D eigenvalue weighted by atomic mass is 9.90. The Hall–Kier alpha value is -6.75. The Bertz CT molecular complexity index is 2550. The Kier molecular flexibility index (Phi) is 10.6. The van der Waals surface area contributed by atoms with Gasteiger partial charge in [0.25, 0.3) is 0 Å². The fourth-order valence-electron chi connectivity index (χ4n) is 7.24. The van der Waals surface area contributed by atoms with Crippen LogP contribution in [0.1, 0.15) is 28.9 Å². The second kappa shape index (κ2) is 16.5. The summed E-state index contributed by atoms with van der Waals surface area (Å²) >= 11 is 0. The Morgan fingerprint density at radius 2 is 1.04 bits per heavy atom. The zero-order valence-corrected chi connectivity index (χ0v) is 30.7. The van der Waals surface area contributed by atoms with Crippen LogP contribution in [0.5, 0.6) is 0 Å². The minimum Gasteiger partial charge on any atom is -0.460 e. The summed E-state index contributed by atoms with van der Waals surface area (Å²) in [5.41, 5.74) is 27.0. The third-order valence-corrected chi connectivity index (χ3v) is 10.1. The number of nitrogens with two attached hydrogens (primary N) is 2. The summed E-state index contributed by atoms with van der Waals surface area (Å²) in [5, 5.41) is 1.15. The third kappa shape index (κ3) is 7.96. The van der Waals surface area contributed by atoms with E-state index in [-0.39, 0.29) is 0 Å². The maximum atomic E-state index is 6.59. The number of furan rings is 1. The molecule has 1 aliphatic rings. The van der Waals surface area contributed by atoms with Crippen LogP contribution >= 0.6 is 0 Å². The maximum absolute atomic E-state index is 6.59. The van der Waals surface area contributed by atoms with Crippen molar-refractivity contribution < 1.29 is 4.42 Å². The molecule has 0 radical (unpaired) electrons. The van der Waals surface area contributed by atoms with E-state index in [1.54, 1.807) is 0 Å². The number of hydrogen-bond acceptors (Lipinski definition) is 3. The number of benzene rings is 7. The van der Waals surface area contributed by atoms with E-state index in [9.17, 15) is 0 Å². The summed E-state index contributed by atoms with van der Waals surface area (Å²) in [6.45, 7) is 1.14. The highest BCUT2D eigenvalue weighted by atomic mass is 16.3. The highest BCUT2D eigenvalue weighted by Gasteiger charge is 2.23. The highest BCUT2D eigenvalue weighted by Crippen LogP contribution is 2.43. The molecule has 4 nitrogen and oxygen atoms in total. The molecule has 0 fully saturated rings. The van der Waals surface area contributed by atoms with Crippen molar-refractivity contribution in [3.63, 3.8) is 0 Å². The molecule has 268 valence electrons. The first-order valence-corrected chi connectivity index (χ1v) is 18.8. The van der Waals surface area contributed by atoms with E-state index in [2.05, 4.69) is 132 Å². The average molecular weight is 714 g/mol. The molecule has 4 N–H and O–H groups in total. The van der Waals surface area contributed by atoms with Crippen LogP contribution in [0.15, 0.2) is 197 Å². The second-order valence-corrected chi connectivity index (χ2v) is 13.7. The Morgan fingerprint density at radius 3 is 1.60 bits per heavy atom. The molecule has 7 aromatic carbocycles. The average Bonchev–Trinajstić information content (AvgIpc) is 3.66. The zero-order valence-electron chi connectivity index (χ0n) is 30.7. The monoisotopic (exact) mass is 713 g/mol. The summed E-state index contributed by atoms with van der Waals surface area (Å²) in [4.78, 5) is 4.36. The lowest BCUT2D eigenvalue weighted by Crippen LogP contribution is -2.13. The Morgan fingerprint density at radius 1 is 0.545 bits per heavy atom. The molecular formula is C51H43N3O. The van der Waals surface area contributed by atoms with Gasteiger partial charge in [-0.05, 0) is 68.6 Å². The number of rotatable bonds is 8. The molecule has 8 aromatic rings. The van der Waals surface area contributed by atoms with Crippen molar-refractivity contribution in [1.82, 2.24) is 0 Å². The van der Waals surface area contributed by atoms with Crippen LogP contribution < -0.4 is 11.5 Å². The first-order chi connectivity index (χ1) is 27.1. The topological polar surface area (TPSA) is 77.5 Å². The van der Waals surface area contributed by atoms with Crippen LogP contribution in [-0.4, -0.2) is 12.4 Å².